The third-order valence-electron chi connectivity index (χ3n) is 3.85. The van der Waals surface area contributed by atoms with Crippen LogP contribution in [0.1, 0.15) is 48.7 Å². The van der Waals surface area contributed by atoms with Crippen LogP contribution in [0.4, 0.5) is 5.69 Å². The first kappa shape index (κ1) is 17.5. The number of rotatable bonds is 3. The first-order valence-electron chi connectivity index (χ1n) is 7.94. The molecule has 1 aromatic heterocycles. The van der Waals surface area contributed by atoms with E-state index in [0.717, 1.165) is 12.8 Å². The highest BCUT2D eigenvalue weighted by atomic mass is 16.6. The molecule has 1 atom stereocenters. The van der Waals surface area contributed by atoms with Crippen LogP contribution in [0.15, 0.2) is 42.5 Å². The minimum atomic E-state index is -1.06. The van der Waals surface area contributed by atoms with Gasteiger partial charge in [0.25, 0.3) is 5.69 Å². The Kier molecular flexibility index (Phi) is 5.52. The van der Waals surface area contributed by atoms with Crippen LogP contribution in [-0.2, 0) is 0 Å². The van der Waals surface area contributed by atoms with Crippen LogP contribution in [0, 0.1) is 10.1 Å². The largest absolute Gasteiger partial charge is 0.477 e. The molecule has 24 heavy (non-hydrogen) atoms. The van der Waals surface area contributed by atoms with Crippen molar-refractivity contribution in [3.8, 4) is 0 Å². The summed E-state index contributed by atoms with van der Waals surface area (Å²) >= 11 is 0. The first-order chi connectivity index (χ1) is 11.6. The number of aromatic amines is 1. The smallest absolute Gasteiger partial charge is 0.352 e. The summed E-state index contributed by atoms with van der Waals surface area (Å²) in [4.78, 5) is 24.9. The molecule has 0 bridgehead atoms. The second kappa shape index (κ2) is 7.59. The Bertz CT molecular complexity index is 818. The molecule has 1 aliphatic carbocycles. The van der Waals surface area contributed by atoms with Crippen molar-refractivity contribution < 1.29 is 14.8 Å². The lowest BCUT2D eigenvalue weighted by atomic mass is 9.91. The number of aromatic nitrogens is 1. The predicted octanol–water partition coefficient (Wildman–Crippen LogP) is 4.79. The van der Waals surface area contributed by atoms with Crippen LogP contribution in [0.3, 0.4) is 0 Å². The van der Waals surface area contributed by atoms with Crippen LogP contribution in [0.5, 0.6) is 0 Å². The number of hydrogen-bond donors (Lipinski definition) is 2. The Morgan fingerprint density at radius 1 is 1.33 bits per heavy atom. The van der Waals surface area contributed by atoms with Gasteiger partial charge in [-0.05, 0) is 24.5 Å². The van der Waals surface area contributed by atoms with Crippen LogP contribution < -0.4 is 0 Å². The Labute approximate surface area is 139 Å². The number of nitrogens with one attached hydrogen (secondary N) is 1. The van der Waals surface area contributed by atoms with Crippen molar-refractivity contribution in [2.75, 3.05) is 0 Å². The minimum Gasteiger partial charge on any atom is -0.477 e. The van der Waals surface area contributed by atoms with Gasteiger partial charge in [0.15, 0.2) is 0 Å². The number of carbonyl (C=O) groups is 1. The van der Waals surface area contributed by atoms with Crippen molar-refractivity contribution in [1.29, 1.82) is 0 Å². The third kappa shape index (κ3) is 3.37. The molecule has 3 rings (SSSR count). The number of H-pyrrole nitrogens is 1. The van der Waals surface area contributed by atoms with Crippen LogP contribution in [0.2, 0.25) is 0 Å². The second-order valence-corrected chi connectivity index (χ2v) is 5.20. The van der Waals surface area contributed by atoms with E-state index in [4.69, 9.17) is 0 Å². The molecule has 126 valence electrons. The molecule has 6 heteroatoms. The average molecular weight is 328 g/mol. The fourth-order valence-electron chi connectivity index (χ4n) is 2.85. The van der Waals surface area contributed by atoms with Crippen LogP contribution >= 0.6 is 0 Å². The van der Waals surface area contributed by atoms with Gasteiger partial charge in [0.2, 0.25) is 0 Å². The Hall–Kier alpha value is -2.89. The van der Waals surface area contributed by atoms with Gasteiger partial charge in [-0.2, -0.15) is 0 Å². The molecular weight excluding hydrogens is 308 g/mol. The minimum absolute atomic E-state index is 0.0413. The fourth-order valence-corrected chi connectivity index (χ4v) is 2.85. The van der Waals surface area contributed by atoms with E-state index >= 15 is 0 Å². The van der Waals surface area contributed by atoms with Gasteiger partial charge < -0.3 is 10.1 Å². The maximum atomic E-state index is 11.5. The SMILES string of the molecule is CC.O=C(O)c1[nH]c2ccc([N+](=O)[O-])cc2c1C1C=CC=CCC1. The number of carboxylic acids is 1. The lowest BCUT2D eigenvalue weighted by molar-refractivity contribution is -0.384. The van der Waals surface area contributed by atoms with E-state index in [1.807, 2.05) is 38.2 Å². The van der Waals surface area contributed by atoms with E-state index in [-0.39, 0.29) is 17.3 Å². The van der Waals surface area contributed by atoms with Crippen molar-refractivity contribution in [2.24, 2.45) is 0 Å². The Morgan fingerprint density at radius 2 is 2.08 bits per heavy atom. The van der Waals surface area contributed by atoms with Gasteiger partial charge in [-0.25, -0.2) is 4.79 Å². The first-order valence-corrected chi connectivity index (χ1v) is 7.94. The van der Waals surface area contributed by atoms with Gasteiger partial charge in [0.1, 0.15) is 5.69 Å². The molecule has 0 saturated heterocycles. The van der Waals surface area contributed by atoms with Crippen molar-refractivity contribution in [1.82, 2.24) is 4.98 Å². The Balaban J connectivity index is 0.00000100. The molecule has 0 spiro atoms. The number of nitro groups is 1. The van der Waals surface area contributed by atoms with Crippen molar-refractivity contribution in [3.05, 3.63) is 63.9 Å². The summed E-state index contributed by atoms with van der Waals surface area (Å²) in [5, 5.41) is 21.0. The highest BCUT2D eigenvalue weighted by Crippen LogP contribution is 2.35. The molecule has 0 aliphatic heterocycles. The molecule has 0 saturated carbocycles. The summed E-state index contributed by atoms with van der Waals surface area (Å²) in [5.41, 5.74) is 1.28. The number of fused-ring (bicyclic) bond motifs is 1. The summed E-state index contributed by atoms with van der Waals surface area (Å²) in [6.45, 7) is 4.00. The molecule has 0 fully saturated rings. The van der Waals surface area contributed by atoms with E-state index in [9.17, 15) is 20.0 Å². The van der Waals surface area contributed by atoms with Crippen molar-refractivity contribution in [3.63, 3.8) is 0 Å². The molecule has 1 heterocycles. The second-order valence-electron chi connectivity index (χ2n) is 5.20. The van der Waals surface area contributed by atoms with E-state index in [1.54, 1.807) is 6.07 Å². The van der Waals surface area contributed by atoms with Gasteiger partial charge >= 0.3 is 5.97 Å². The van der Waals surface area contributed by atoms with Crippen molar-refractivity contribution in [2.45, 2.75) is 32.6 Å². The number of nitro benzene ring substituents is 1. The number of benzene rings is 1. The summed E-state index contributed by atoms with van der Waals surface area (Å²) in [7, 11) is 0. The number of non-ortho nitro benzene ring substituents is 1. The molecule has 0 amide bonds. The van der Waals surface area contributed by atoms with Crippen LogP contribution in [-0.4, -0.2) is 21.0 Å². The maximum Gasteiger partial charge on any atom is 0.352 e. The average Bonchev–Trinajstić information content (AvgIpc) is 2.76. The zero-order chi connectivity index (χ0) is 17.7. The number of aromatic carboxylic acids is 1. The number of nitrogens with zero attached hydrogens (tertiary/aromatic N) is 1. The van der Waals surface area contributed by atoms with E-state index < -0.39 is 10.9 Å². The maximum absolute atomic E-state index is 11.5. The molecule has 2 aromatic rings. The molecule has 2 N–H and O–H groups in total. The summed E-state index contributed by atoms with van der Waals surface area (Å²) in [5.74, 6) is -1.14. The molecule has 1 aliphatic rings. The summed E-state index contributed by atoms with van der Waals surface area (Å²) in [6.07, 6.45) is 9.38. The zero-order valence-electron chi connectivity index (χ0n) is 13.7. The normalized spacial score (nSPS) is 16.3. The van der Waals surface area contributed by atoms with Gasteiger partial charge in [-0.1, -0.05) is 38.2 Å². The topological polar surface area (TPSA) is 96.2 Å². The van der Waals surface area contributed by atoms with Gasteiger partial charge in [-0.3, -0.25) is 10.1 Å². The number of hydrogen-bond acceptors (Lipinski definition) is 3. The lowest BCUT2D eigenvalue weighted by Crippen LogP contribution is -2.05. The standard InChI is InChI=1S/C16H14N2O4.C2H6/c19-16(20)15-14(10-5-3-1-2-4-6-10)12-9-11(18(21)22)7-8-13(12)17-15;1-2/h1-3,5,7-10,17H,4,6H2,(H,19,20);1-2H3. The summed E-state index contributed by atoms with van der Waals surface area (Å²) in [6, 6.07) is 4.38. The molecule has 1 aromatic carbocycles. The van der Waals surface area contributed by atoms with E-state index in [0.29, 0.717) is 16.5 Å². The molecule has 6 nitrogen and oxygen atoms in total. The lowest BCUT2D eigenvalue weighted by Gasteiger charge is -2.11. The number of allylic oxidation sites excluding steroid dienone is 4. The van der Waals surface area contributed by atoms with E-state index in [2.05, 4.69) is 4.98 Å². The highest BCUT2D eigenvalue weighted by molar-refractivity contribution is 5.98. The predicted molar refractivity (Wildman–Crippen MR) is 93.5 cm³/mol. The quantitative estimate of drug-likeness (QED) is 0.625. The number of carboxylic acid groups (broad SMARTS) is 1. The van der Waals surface area contributed by atoms with Gasteiger partial charge in [-0.15, -0.1) is 0 Å². The fraction of sp³-hybridized carbons (Fsp3) is 0.278. The highest BCUT2D eigenvalue weighted by Gasteiger charge is 2.24. The monoisotopic (exact) mass is 328 g/mol. The molecule has 0 radical (unpaired) electrons. The van der Waals surface area contributed by atoms with Crippen molar-refractivity contribution >= 4 is 22.6 Å². The van der Waals surface area contributed by atoms with Gasteiger partial charge in [0.05, 0.1) is 4.92 Å². The summed E-state index contributed by atoms with van der Waals surface area (Å²) < 4.78 is 0. The van der Waals surface area contributed by atoms with Crippen LogP contribution in [0.25, 0.3) is 10.9 Å². The van der Waals surface area contributed by atoms with Gasteiger partial charge in [0, 0.05) is 29.0 Å². The Morgan fingerprint density at radius 3 is 2.75 bits per heavy atom. The molecule has 1 unspecified atom stereocenters. The van der Waals surface area contributed by atoms with E-state index in [1.165, 1.54) is 12.1 Å². The zero-order valence-corrected chi connectivity index (χ0v) is 13.7. The molecular formula is C18H20N2O4. The third-order valence-corrected chi connectivity index (χ3v) is 3.85.